The summed E-state index contributed by atoms with van der Waals surface area (Å²) < 4.78 is 11.2. The summed E-state index contributed by atoms with van der Waals surface area (Å²) in [6.07, 6.45) is 1.52. The molecule has 0 amide bonds. The van der Waals surface area contributed by atoms with Gasteiger partial charge in [0, 0.05) is 31.7 Å². The van der Waals surface area contributed by atoms with E-state index in [1.165, 1.54) is 6.42 Å². The zero-order valence-corrected chi connectivity index (χ0v) is 12.0. The minimum atomic E-state index is 0.263. The van der Waals surface area contributed by atoms with Crippen LogP contribution < -0.4 is 5.32 Å². The Morgan fingerprint density at radius 1 is 1.33 bits per heavy atom. The Morgan fingerprint density at radius 2 is 2.17 bits per heavy atom. The van der Waals surface area contributed by atoms with Crippen molar-refractivity contribution < 1.29 is 9.47 Å². The van der Waals surface area contributed by atoms with Crippen LogP contribution in [0.25, 0.3) is 0 Å². The quantitative estimate of drug-likeness (QED) is 0.817. The van der Waals surface area contributed by atoms with Crippen LogP contribution in [0.1, 0.15) is 27.2 Å². The van der Waals surface area contributed by atoms with Crippen LogP contribution >= 0.6 is 0 Å². The van der Waals surface area contributed by atoms with E-state index in [0.29, 0.717) is 12.1 Å². The van der Waals surface area contributed by atoms with Crippen molar-refractivity contribution in [3.63, 3.8) is 0 Å². The molecule has 2 aliphatic rings. The van der Waals surface area contributed by atoms with Crippen LogP contribution in [-0.2, 0) is 9.47 Å². The summed E-state index contributed by atoms with van der Waals surface area (Å²) in [4.78, 5) is 2.56. The van der Waals surface area contributed by atoms with Gasteiger partial charge in [-0.15, -0.1) is 0 Å². The van der Waals surface area contributed by atoms with E-state index in [1.807, 2.05) is 0 Å². The second kappa shape index (κ2) is 6.85. The summed E-state index contributed by atoms with van der Waals surface area (Å²) in [6, 6.07) is 1.23. The van der Waals surface area contributed by atoms with Gasteiger partial charge < -0.3 is 14.8 Å². The number of nitrogens with zero attached hydrogens (tertiary/aromatic N) is 1. The maximum absolute atomic E-state index is 5.76. The van der Waals surface area contributed by atoms with Crippen LogP contribution in [0.5, 0.6) is 0 Å². The lowest BCUT2D eigenvalue weighted by atomic mass is 10.00. The second-order valence-electron chi connectivity index (χ2n) is 6.11. The molecule has 2 heterocycles. The third-order valence-corrected chi connectivity index (χ3v) is 3.86. The molecule has 2 fully saturated rings. The normalized spacial score (nSPS) is 35.0. The van der Waals surface area contributed by atoms with Gasteiger partial charge in [-0.05, 0) is 19.3 Å². The summed E-state index contributed by atoms with van der Waals surface area (Å²) in [7, 11) is 0. The first-order valence-corrected chi connectivity index (χ1v) is 7.32. The molecule has 0 aromatic heterocycles. The van der Waals surface area contributed by atoms with Crippen molar-refractivity contribution in [1.82, 2.24) is 10.2 Å². The molecule has 0 aromatic rings. The van der Waals surface area contributed by atoms with Gasteiger partial charge in [0.1, 0.15) is 0 Å². The molecule has 106 valence electrons. The molecule has 3 atom stereocenters. The van der Waals surface area contributed by atoms with E-state index in [9.17, 15) is 0 Å². The van der Waals surface area contributed by atoms with E-state index in [0.717, 1.165) is 45.4 Å². The summed E-state index contributed by atoms with van der Waals surface area (Å²) >= 11 is 0. The van der Waals surface area contributed by atoms with Crippen LogP contribution in [0.3, 0.4) is 0 Å². The number of hydrogen-bond acceptors (Lipinski definition) is 4. The van der Waals surface area contributed by atoms with Crippen LogP contribution in [0.2, 0.25) is 0 Å². The average molecular weight is 256 g/mol. The van der Waals surface area contributed by atoms with E-state index in [1.54, 1.807) is 0 Å². The average Bonchev–Trinajstić information content (AvgIpc) is 2.34. The summed E-state index contributed by atoms with van der Waals surface area (Å²) in [6.45, 7) is 12.4. The number of hydrogen-bond donors (Lipinski definition) is 1. The topological polar surface area (TPSA) is 33.7 Å². The van der Waals surface area contributed by atoms with Gasteiger partial charge in [-0.1, -0.05) is 13.8 Å². The fourth-order valence-corrected chi connectivity index (χ4v) is 2.88. The fourth-order valence-electron chi connectivity index (χ4n) is 2.88. The Bertz CT molecular complexity index is 242. The highest BCUT2D eigenvalue weighted by Crippen LogP contribution is 2.15. The third kappa shape index (κ3) is 4.19. The van der Waals surface area contributed by atoms with Crippen LogP contribution in [0.4, 0.5) is 0 Å². The number of rotatable bonds is 4. The Hall–Kier alpha value is -0.160. The monoisotopic (exact) mass is 256 g/mol. The summed E-state index contributed by atoms with van der Waals surface area (Å²) in [5.41, 5.74) is 0. The maximum Gasteiger partial charge on any atom is 0.0936 e. The molecular weight excluding hydrogens is 228 g/mol. The molecule has 0 radical (unpaired) electrons. The van der Waals surface area contributed by atoms with Crippen LogP contribution in [0, 0.1) is 5.92 Å². The molecule has 2 aliphatic heterocycles. The lowest BCUT2D eigenvalue weighted by Crippen LogP contribution is -2.58. The predicted molar refractivity (Wildman–Crippen MR) is 72.8 cm³/mol. The first kappa shape index (κ1) is 14.3. The lowest BCUT2D eigenvalue weighted by Gasteiger charge is -2.41. The minimum Gasteiger partial charge on any atom is -0.376 e. The Balaban J connectivity index is 1.80. The van der Waals surface area contributed by atoms with Crippen molar-refractivity contribution in [2.24, 2.45) is 5.92 Å². The molecule has 1 N–H and O–H groups in total. The molecule has 0 saturated carbocycles. The number of ether oxygens (including phenoxy) is 2. The predicted octanol–water partition coefficient (Wildman–Crippen LogP) is 1.11. The highest BCUT2D eigenvalue weighted by Gasteiger charge is 2.28. The first-order valence-electron chi connectivity index (χ1n) is 7.32. The Labute approximate surface area is 111 Å². The second-order valence-corrected chi connectivity index (χ2v) is 6.11. The van der Waals surface area contributed by atoms with Crippen molar-refractivity contribution in [3.8, 4) is 0 Å². The maximum atomic E-state index is 5.76. The molecule has 0 bridgehead atoms. The van der Waals surface area contributed by atoms with E-state index in [-0.39, 0.29) is 6.10 Å². The SMILES string of the molecule is CC(C)CC1CN(CC2COCCO2)C(C)CN1. The zero-order chi connectivity index (χ0) is 13.0. The van der Waals surface area contributed by atoms with Gasteiger partial charge in [0.05, 0.1) is 25.9 Å². The van der Waals surface area contributed by atoms with E-state index in [2.05, 4.69) is 31.0 Å². The van der Waals surface area contributed by atoms with E-state index < -0.39 is 0 Å². The van der Waals surface area contributed by atoms with Gasteiger partial charge in [0.25, 0.3) is 0 Å². The van der Waals surface area contributed by atoms with Crippen molar-refractivity contribution in [2.45, 2.75) is 45.4 Å². The zero-order valence-electron chi connectivity index (χ0n) is 12.0. The lowest BCUT2D eigenvalue weighted by molar-refractivity contribution is -0.103. The van der Waals surface area contributed by atoms with Crippen LogP contribution in [-0.4, -0.2) is 62.5 Å². The van der Waals surface area contributed by atoms with Gasteiger partial charge in [-0.2, -0.15) is 0 Å². The first-order chi connectivity index (χ1) is 8.65. The van der Waals surface area contributed by atoms with Gasteiger partial charge in [0.2, 0.25) is 0 Å². The molecule has 0 spiro atoms. The third-order valence-electron chi connectivity index (χ3n) is 3.86. The highest BCUT2D eigenvalue weighted by atomic mass is 16.6. The van der Waals surface area contributed by atoms with Gasteiger partial charge in [0.15, 0.2) is 0 Å². The smallest absolute Gasteiger partial charge is 0.0936 e. The van der Waals surface area contributed by atoms with Crippen molar-refractivity contribution in [2.75, 3.05) is 39.5 Å². The minimum absolute atomic E-state index is 0.263. The molecular formula is C14H28N2O2. The van der Waals surface area contributed by atoms with Crippen molar-refractivity contribution >= 4 is 0 Å². The number of piperazine rings is 1. The van der Waals surface area contributed by atoms with E-state index >= 15 is 0 Å². The molecule has 4 heteroatoms. The summed E-state index contributed by atoms with van der Waals surface area (Å²) in [5.74, 6) is 0.757. The van der Waals surface area contributed by atoms with Crippen LogP contribution in [0.15, 0.2) is 0 Å². The molecule has 0 aliphatic carbocycles. The van der Waals surface area contributed by atoms with Crippen molar-refractivity contribution in [1.29, 1.82) is 0 Å². The fraction of sp³-hybridized carbons (Fsp3) is 1.00. The summed E-state index contributed by atoms with van der Waals surface area (Å²) in [5, 5.41) is 3.65. The highest BCUT2D eigenvalue weighted by molar-refractivity contribution is 4.86. The standard InChI is InChI=1S/C14H28N2O2/c1-11(2)6-13-8-16(12(3)7-15-13)9-14-10-17-4-5-18-14/h11-15H,4-10H2,1-3H3. The van der Waals surface area contributed by atoms with Gasteiger partial charge >= 0.3 is 0 Å². The van der Waals surface area contributed by atoms with Gasteiger partial charge in [-0.25, -0.2) is 0 Å². The molecule has 18 heavy (non-hydrogen) atoms. The molecule has 0 aromatic carbocycles. The largest absolute Gasteiger partial charge is 0.376 e. The Kier molecular flexibility index (Phi) is 5.42. The van der Waals surface area contributed by atoms with Gasteiger partial charge in [-0.3, -0.25) is 4.90 Å². The van der Waals surface area contributed by atoms with Crippen molar-refractivity contribution in [3.05, 3.63) is 0 Å². The molecule has 2 saturated heterocycles. The Morgan fingerprint density at radius 3 is 2.83 bits per heavy atom. The number of nitrogens with one attached hydrogen (secondary N) is 1. The molecule has 3 unspecified atom stereocenters. The van der Waals surface area contributed by atoms with E-state index in [4.69, 9.17) is 9.47 Å². The molecule has 2 rings (SSSR count). The molecule has 4 nitrogen and oxygen atoms in total.